The Kier molecular flexibility index (Phi) is 7.39. The van der Waals surface area contributed by atoms with Gasteiger partial charge in [0.15, 0.2) is 5.78 Å². The van der Waals surface area contributed by atoms with Crippen LogP contribution >= 0.6 is 11.6 Å². The molecule has 0 spiro atoms. The lowest BCUT2D eigenvalue weighted by Gasteiger charge is -2.21. The van der Waals surface area contributed by atoms with Crippen molar-refractivity contribution in [3.63, 3.8) is 0 Å². The number of alkyl carbamates (subject to hydrolysis) is 1. The molecule has 6 nitrogen and oxygen atoms in total. The lowest BCUT2D eigenvalue weighted by molar-refractivity contribution is -0.120. The van der Waals surface area contributed by atoms with Crippen LogP contribution in [-0.4, -0.2) is 29.4 Å². The number of fused-ring (bicyclic) bond motifs is 1. The summed E-state index contributed by atoms with van der Waals surface area (Å²) in [5, 5.41) is 7.70. The molecule has 0 saturated heterocycles. The second-order valence-electron chi connectivity index (χ2n) is 8.80. The van der Waals surface area contributed by atoms with E-state index in [0.717, 1.165) is 10.8 Å². The van der Waals surface area contributed by atoms with Crippen molar-refractivity contribution in [3.05, 3.63) is 76.8 Å². The lowest BCUT2D eigenvalue weighted by Crippen LogP contribution is -2.42. The lowest BCUT2D eigenvalue weighted by atomic mass is 9.99. The minimum atomic E-state index is -0.796. The number of anilines is 1. The SMILES string of the molecule is CC(NC(=O)OC(C)(C)C)C(=O)Cc1cccc(Cl)c1C(=O)Nc1ccc2ccccc2c1. The molecular weight excluding hydrogens is 440 g/mol. The number of halogens is 1. The number of hydrogen-bond acceptors (Lipinski definition) is 4. The van der Waals surface area contributed by atoms with Crippen molar-refractivity contribution in [2.75, 3.05) is 5.32 Å². The first-order valence-corrected chi connectivity index (χ1v) is 11.0. The molecule has 0 heterocycles. The van der Waals surface area contributed by atoms with Gasteiger partial charge < -0.3 is 15.4 Å². The average molecular weight is 467 g/mol. The zero-order chi connectivity index (χ0) is 24.2. The number of carbonyl (C=O) groups is 3. The van der Waals surface area contributed by atoms with Crippen LogP contribution in [0.3, 0.4) is 0 Å². The van der Waals surface area contributed by atoms with Gasteiger partial charge in [-0.15, -0.1) is 0 Å². The number of hydrogen-bond donors (Lipinski definition) is 2. The van der Waals surface area contributed by atoms with Gasteiger partial charge in [0, 0.05) is 12.1 Å². The van der Waals surface area contributed by atoms with Crippen LogP contribution in [0.15, 0.2) is 60.7 Å². The molecule has 0 radical (unpaired) electrons. The number of ether oxygens (including phenoxy) is 1. The van der Waals surface area contributed by atoms with Gasteiger partial charge in [0.25, 0.3) is 5.91 Å². The summed E-state index contributed by atoms with van der Waals surface area (Å²) < 4.78 is 5.20. The van der Waals surface area contributed by atoms with Crippen LogP contribution in [0, 0.1) is 0 Å². The molecule has 0 aliphatic carbocycles. The fourth-order valence-corrected chi connectivity index (χ4v) is 3.62. The van der Waals surface area contributed by atoms with Gasteiger partial charge in [-0.3, -0.25) is 9.59 Å². The highest BCUT2D eigenvalue weighted by molar-refractivity contribution is 6.34. The molecule has 3 aromatic carbocycles. The number of ketones is 1. The smallest absolute Gasteiger partial charge is 0.408 e. The molecule has 33 heavy (non-hydrogen) atoms. The van der Waals surface area contributed by atoms with Crippen molar-refractivity contribution in [2.45, 2.75) is 45.8 Å². The first-order valence-electron chi connectivity index (χ1n) is 10.6. The summed E-state index contributed by atoms with van der Waals surface area (Å²) in [6, 6.07) is 17.6. The van der Waals surface area contributed by atoms with Crippen LogP contribution in [0.4, 0.5) is 10.5 Å². The van der Waals surface area contributed by atoms with Crippen LogP contribution in [0.2, 0.25) is 5.02 Å². The van der Waals surface area contributed by atoms with E-state index in [9.17, 15) is 14.4 Å². The third-order valence-electron chi connectivity index (χ3n) is 4.92. The Morgan fingerprint density at radius 2 is 1.67 bits per heavy atom. The van der Waals surface area contributed by atoms with Crippen molar-refractivity contribution in [1.82, 2.24) is 5.32 Å². The Hall–Kier alpha value is -3.38. The molecule has 172 valence electrons. The van der Waals surface area contributed by atoms with Crippen molar-refractivity contribution in [3.8, 4) is 0 Å². The summed E-state index contributed by atoms with van der Waals surface area (Å²) in [5.41, 5.74) is 0.651. The molecule has 1 unspecified atom stereocenters. The summed E-state index contributed by atoms with van der Waals surface area (Å²) in [6.07, 6.45) is -0.749. The number of amides is 2. The molecule has 0 aliphatic rings. The van der Waals surface area contributed by atoms with Gasteiger partial charge in [-0.05, 0) is 62.2 Å². The number of carbonyl (C=O) groups excluding carboxylic acids is 3. The molecule has 0 aliphatic heterocycles. The predicted octanol–water partition coefficient (Wildman–Crippen LogP) is 5.77. The topological polar surface area (TPSA) is 84.5 Å². The van der Waals surface area contributed by atoms with Gasteiger partial charge >= 0.3 is 6.09 Å². The molecule has 0 saturated carbocycles. The normalized spacial score (nSPS) is 12.2. The molecule has 1 atom stereocenters. The molecule has 2 N–H and O–H groups in total. The number of benzene rings is 3. The highest BCUT2D eigenvalue weighted by atomic mass is 35.5. The fourth-order valence-electron chi connectivity index (χ4n) is 3.34. The highest BCUT2D eigenvalue weighted by Crippen LogP contribution is 2.24. The van der Waals surface area contributed by atoms with Crippen LogP contribution in [-0.2, 0) is 16.0 Å². The summed E-state index contributed by atoms with van der Waals surface area (Å²) in [4.78, 5) is 37.8. The number of Topliss-reactive ketones (excluding diaryl/α,β-unsaturated/α-hetero) is 1. The van der Waals surface area contributed by atoms with Crippen molar-refractivity contribution in [1.29, 1.82) is 0 Å². The Morgan fingerprint density at radius 1 is 0.970 bits per heavy atom. The van der Waals surface area contributed by atoms with Gasteiger partial charge in [0.1, 0.15) is 5.60 Å². The zero-order valence-electron chi connectivity index (χ0n) is 19.1. The van der Waals surface area contributed by atoms with Crippen LogP contribution in [0.1, 0.15) is 43.6 Å². The summed E-state index contributed by atoms with van der Waals surface area (Å²) >= 11 is 6.34. The van der Waals surface area contributed by atoms with Crippen molar-refractivity contribution in [2.24, 2.45) is 0 Å². The van der Waals surface area contributed by atoms with E-state index in [0.29, 0.717) is 11.3 Å². The number of rotatable bonds is 6. The summed E-state index contributed by atoms with van der Waals surface area (Å²) in [7, 11) is 0. The molecule has 7 heteroatoms. The van der Waals surface area contributed by atoms with E-state index in [1.54, 1.807) is 45.9 Å². The minimum absolute atomic E-state index is 0.0714. The largest absolute Gasteiger partial charge is 0.444 e. The Bertz CT molecular complexity index is 1200. The molecule has 2 amide bonds. The Morgan fingerprint density at radius 3 is 2.36 bits per heavy atom. The molecule has 3 aromatic rings. The molecule has 3 rings (SSSR count). The maximum Gasteiger partial charge on any atom is 0.408 e. The molecular formula is C26H27ClN2O4. The monoisotopic (exact) mass is 466 g/mol. The first kappa shape index (κ1) is 24.3. The van der Waals surface area contributed by atoms with Crippen molar-refractivity contribution < 1.29 is 19.1 Å². The van der Waals surface area contributed by atoms with E-state index in [2.05, 4.69) is 10.6 Å². The standard InChI is InChI=1S/C26H27ClN2O4/c1-16(28-25(32)33-26(2,3)4)22(30)15-19-10-7-11-21(27)23(19)24(31)29-20-13-12-17-8-5-6-9-18(17)14-20/h5-14,16H,15H2,1-4H3,(H,28,32)(H,29,31). The summed E-state index contributed by atoms with van der Waals surface area (Å²) in [6.45, 7) is 6.80. The van der Waals surface area contributed by atoms with Crippen LogP contribution < -0.4 is 10.6 Å². The molecule has 0 fully saturated rings. The highest BCUT2D eigenvalue weighted by Gasteiger charge is 2.23. The maximum atomic E-state index is 13.1. The Balaban J connectivity index is 1.75. The van der Waals surface area contributed by atoms with E-state index >= 15 is 0 Å². The minimum Gasteiger partial charge on any atom is -0.444 e. The van der Waals surface area contributed by atoms with E-state index in [-0.39, 0.29) is 22.8 Å². The van der Waals surface area contributed by atoms with Gasteiger partial charge in [-0.1, -0.05) is 54.1 Å². The van der Waals surface area contributed by atoms with Gasteiger partial charge in [-0.25, -0.2) is 4.79 Å². The predicted molar refractivity (Wildman–Crippen MR) is 131 cm³/mol. The average Bonchev–Trinajstić information content (AvgIpc) is 2.72. The van der Waals surface area contributed by atoms with Crippen LogP contribution in [0.5, 0.6) is 0 Å². The second-order valence-corrected chi connectivity index (χ2v) is 9.21. The zero-order valence-corrected chi connectivity index (χ0v) is 19.8. The summed E-state index contributed by atoms with van der Waals surface area (Å²) in [5.74, 6) is -0.686. The first-order chi connectivity index (χ1) is 15.5. The third kappa shape index (κ3) is 6.56. The van der Waals surface area contributed by atoms with Gasteiger partial charge in [0.05, 0.1) is 16.6 Å². The third-order valence-corrected chi connectivity index (χ3v) is 5.23. The molecule has 0 bridgehead atoms. The van der Waals surface area contributed by atoms with Gasteiger partial charge in [0.2, 0.25) is 0 Å². The van der Waals surface area contributed by atoms with E-state index in [1.165, 1.54) is 0 Å². The van der Waals surface area contributed by atoms with Crippen LogP contribution in [0.25, 0.3) is 10.8 Å². The fraction of sp³-hybridized carbons (Fsp3) is 0.269. The Labute approximate surface area is 198 Å². The molecule has 0 aromatic heterocycles. The second kappa shape index (κ2) is 10.0. The van der Waals surface area contributed by atoms with Crippen molar-refractivity contribution >= 4 is 45.8 Å². The maximum absolute atomic E-state index is 13.1. The van der Waals surface area contributed by atoms with E-state index in [4.69, 9.17) is 16.3 Å². The van der Waals surface area contributed by atoms with E-state index in [1.807, 2.05) is 42.5 Å². The number of nitrogens with one attached hydrogen (secondary N) is 2. The quantitative estimate of drug-likeness (QED) is 0.483. The van der Waals surface area contributed by atoms with Gasteiger partial charge in [-0.2, -0.15) is 0 Å². The van der Waals surface area contributed by atoms with E-state index < -0.39 is 23.6 Å².